The molecule has 0 aliphatic heterocycles. The lowest BCUT2D eigenvalue weighted by molar-refractivity contribution is 0.128. The van der Waals surface area contributed by atoms with Crippen molar-refractivity contribution in [1.82, 2.24) is 9.97 Å². The van der Waals surface area contributed by atoms with Crippen molar-refractivity contribution in [2.45, 2.75) is 32.1 Å². The van der Waals surface area contributed by atoms with Gasteiger partial charge >= 0.3 is 0 Å². The van der Waals surface area contributed by atoms with Gasteiger partial charge in [0.2, 0.25) is 0 Å². The van der Waals surface area contributed by atoms with Gasteiger partial charge in [0.15, 0.2) is 15.7 Å². The number of halogens is 1. The standard InChI is InChI=1S/C12H20ClN3O3S/c1-5-19-7-11-15-9(13)6-10(16-11)14-8-12(2,3)20(4,17)18/h6H,5,7-8H2,1-4H3,(H,14,15,16). The maximum absolute atomic E-state index is 11.6. The Labute approximate surface area is 124 Å². The highest BCUT2D eigenvalue weighted by Crippen LogP contribution is 2.17. The molecule has 0 aliphatic carbocycles. The lowest BCUT2D eigenvalue weighted by Gasteiger charge is -2.23. The monoisotopic (exact) mass is 321 g/mol. The van der Waals surface area contributed by atoms with E-state index in [1.807, 2.05) is 6.92 Å². The zero-order valence-corrected chi connectivity index (χ0v) is 13.7. The first-order valence-corrected chi connectivity index (χ1v) is 8.47. The fourth-order valence-corrected chi connectivity index (χ4v) is 1.78. The summed E-state index contributed by atoms with van der Waals surface area (Å²) in [7, 11) is -3.17. The normalized spacial score (nSPS) is 12.4. The van der Waals surface area contributed by atoms with Gasteiger partial charge in [-0.15, -0.1) is 0 Å². The molecule has 1 N–H and O–H groups in total. The van der Waals surface area contributed by atoms with E-state index in [1.54, 1.807) is 19.9 Å². The molecule has 8 heteroatoms. The molecule has 1 rings (SSSR count). The second kappa shape index (κ2) is 6.69. The molecule has 114 valence electrons. The molecule has 0 bridgehead atoms. The Balaban J connectivity index is 2.80. The minimum atomic E-state index is -3.17. The summed E-state index contributed by atoms with van der Waals surface area (Å²) in [6.45, 7) is 6.23. The number of hydrogen-bond acceptors (Lipinski definition) is 6. The minimum absolute atomic E-state index is 0.229. The van der Waals surface area contributed by atoms with Gasteiger partial charge in [0.05, 0.1) is 4.75 Å². The Kier molecular flexibility index (Phi) is 5.73. The van der Waals surface area contributed by atoms with Crippen molar-refractivity contribution in [1.29, 1.82) is 0 Å². The average Bonchev–Trinajstić information content (AvgIpc) is 2.32. The number of anilines is 1. The Hall–Kier alpha value is -0.920. The van der Waals surface area contributed by atoms with Crippen molar-refractivity contribution in [3.8, 4) is 0 Å². The molecule has 0 aliphatic rings. The van der Waals surface area contributed by atoms with Gasteiger partial charge in [0, 0.05) is 25.5 Å². The molecule has 1 aromatic rings. The average molecular weight is 322 g/mol. The highest BCUT2D eigenvalue weighted by molar-refractivity contribution is 7.92. The number of nitrogens with one attached hydrogen (secondary N) is 1. The SMILES string of the molecule is CCOCc1nc(Cl)cc(NCC(C)(C)S(C)(=O)=O)n1. The lowest BCUT2D eigenvalue weighted by atomic mass is 10.2. The molecular formula is C12H20ClN3O3S. The van der Waals surface area contributed by atoms with E-state index in [0.29, 0.717) is 18.2 Å². The summed E-state index contributed by atoms with van der Waals surface area (Å²) < 4.78 is 27.6. The van der Waals surface area contributed by atoms with Gasteiger partial charge in [0.1, 0.15) is 17.6 Å². The number of aromatic nitrogens is 2. The molecule has 1 aromatic heterocycles. The molecule has 0 unspecified atom stereocenters. The smallest absolute Gasteiger partial charge is 0.158 e. The van der Waals surface area contributed by atoms with E-state index in [0.717, 1.165) is 0 Å². The first kappa shape index (κ1) is 17.1. The van der Waals surface area contributed by atoms with Crippen molar-refractivity contribution in [2.75, 3.05) is 24.7 Å². The Bertz CT molecular complexity index is 561. The van der Waals surface area contributed by atoms with Crippen molar-refractivity contribution in [3.63, 3.8) is 0 Å². The van der Waals surface area contributed by atoms with E-state index in [2.05, 4.69) is 15.3 Å². The third-order valence-corrected chi connectivity index (χ3v) is 5.22. The van der Waals surface area contributed by atoms with Crippen LogP contribution in [0.5, 0.6) is 0 Å². The maximum Gasteiger partial charge on any atom is 0.158 e. The Morgan fingerprint density at radius 3 is 2.60 bits per heavy atom. The summed E-state index contributed by atoms with van der Waals surface area (Å²) in [6.07, 6.45) is 1.21. The van der Waals surface area contributed by atoms with Crippen LogP contribution in [0.1, 0.15) is 26.6 Å². The van der Waals surface area contributed by atoms with Crippen LogP contribution < -0.4 is 5.32 Å². The molecule has 0 saturated carbocycles. The summed E-state index contributed by atoms with van der Waals surface area (Å²) in [5, 5.41) is 3.27. The molecule has 0 saturated heterocycles. The molecule has 0 fully saturated rings. The van der Waals surface area contributed by atoms with Gasteiger partial charge in [-0.05, 0) is 20.8 Å². The molecule has 0 spiro atoms. The van der Waals surface area contributed by atoms with Crippen LogP contribution in [-0.2, 0) is 21.2 Å². The topological polar surface area (TPSA) is 81.2 Å². The van der Waals surface area contributed by atoms with Crippen LogP contribution in [0.25, 0.3) is 0 Å². The summed E-state index contributed by atoms with van der Waals surface area (Å²) in [6, 6.07) is 1.55. The highest BCUT2D eigenvalue weighted by atomic mass is 35.5. The molecule has 1 heterocycles. The van der Waals surface area contributed by atoms with E-state index in [9.17, 15) is 8.42 Å². The molecule has 0 atom stereocenters. The fourth-order valence-electron chi connectivity index (χ4n) is 1.25. The van der Waals surface area contributed by atoms with Gasteiger partial charge in [-0.2, -0.15) is 0 Å². The van der Waals surface area contributed by atoms with Crippen molar-refractivity contribution >= 4 is 27.3 Å². The molecule has 6 nitrogen and oxygen atoms in total. The summed E-state index contributed by atoms with van der Waals surface area (Å²) in [5.74, 6) is 0.940. The molecule has 20 heavy (non-hydrogen) atoms. The minimum Gasteiger partial charge on any atom is -0.374 e. The van der Waals surface area contributed by atoms with Crippen molar-refractivity contribution in [2.24, 2.45) is 0 Å². The van der Waals surface area contributed by atoms with E-state index >= 15 is 0 Å². The van der Waals surface area contributed by atoms with Gasteiger partial charge in [-0.25, -0.2) is 18.4 Å². The van der Waals surface area contributed by atoms with E-state index in [-0.39, 0.29) is 18.3 Å². The third-order valence-electron chi connectivity index (χ3n) is 2.88. The first-order valence-electron chi connectivity index (χ1n) is 6.20. The quantitative estimate of drug-likeness (QED) is 0.772. The predicted molar refractivity (Wildman–Crippen MR) is 79.8 cm³/mol. The van der Waals surface area contributed by atoms with Crippen LogP contribution >= 0.6 is 11.6 Å². The van der Waals surface area contributed by atoms with E-state index in [4.69, 9.17) is 16.3 Å². The molecular weight excluding hydrogens is 302 g/mol. The van der Waals surface area contributed by atoms with Crippen LogP contribution in [-0.4, -0.2) is 42.5 Å². The number of rotatable bonds is 7. The van der Waals surface area contributed by atoms with Gasteiger partial charge in [-0.3, -0.25) is 0 Å². The molecule has 0 amide bonds. The largest absolute Gasteiger partial charge is 0.374 e. The zero-order valence-electron chi connectivity index (χ0n) is 12.1. The Morgan fingerprint density at radius 1 is 1.40 bits per heavy atom. The van der Waals surface area contributed by atoms with Crippen LogP contribution in [0, 0.1) is 0 Å². The van der Waals surface area contributed by atoms with Crippen LogP contribution in [0.4, 0.5) is 5.82 Å². The second-order valence-corrected chi connectivity index (χ2v) is 8.05. The number of ether oxygens (including phenoxy) is 1. The van der Waals surface area contributed by atoms with Gasteiger partial charge < -0.3 is 10.1 Å². The van der Waals surface area contributed by atoms with Gasteiger partial charge in [0.25, 0.3) is 0 Å². The fraction of sp³-hybridized carbons (Fsp3) is 0.667. The van der Waals surface area contributed by atoms with Crippen molar-refractivity contribution < 1.29 is 13.2 Å². The molecule has 0 radical (unpaired) electrons. The third kappa shape index (κ3) is 4.88. The number of hydrogen-bond donors (Lipinski definition) is 1. The van der Waals surface area contributed by atoms with Crippen molar-refractivity contribution in [3.05, 3.63) is 17.0 Å². The second-order valence-electron chi connectivity index (χ2n) is 5.01. The van der Waals surface area contributed by atoms with Gasteiger partial charge in [-0.1, -0.05) is 11.6 Å². The summed E-state index contributed by atoms with van der Waals surface area (Å²) in [5.41, 5.74) is 0. The van der Waals surface area contributed by atoms with Crippen LogP contribution in [0.3, 0.4) is 0 Å². The number of sulfone groups is 1. The zero-order chi connectivity index (χ0) is 15.4. The maximum atomic E-state index is 11.6. The van der Waals surface area contributed by atoms with Crippen LogP contribution in [0.15, 0.2) is 6.07 Å². The predicted octanol–water partition coefficient (Wildman–Crippen LogP) is 1.90. The Morgan fingerprint density at radius 2 is 2.05 bits per heavy atom. The first-order chi connectivity index (χ1) is 9.15. The summed E-state index contributed by atoms with van der Waals surface area (Å²) >= 11 is 5.90. The number of nitrogens with zero attached hydrogens (tertiary/aromatic N) is 2. The van der Waals surface area contributed by atoms with E-state index in [1.165, 1.54) is 6.26 Å². The highest BCUT2D eigenvalue weighted by Gasteiger charge is 2.30. The summed E-state index contributed by atoms with van der Waals surface area (Å²) in [4.78, 5) is 8.27. The molecule has 0 aromatic carbocycles. The lowest BCUT2D eigenvalue weighted by Crippen LogP contribution is -2.38. The van der Waals surface area contributed by atoms with Crippen LogP contribution in [0.2, 0.25) is 5.15 Å². The van der Waals surface area contributed by atoms with E-state index < -0.39 is 14.6 Å².